The molecule has 8 heteroatoms. The van der Waals surface area contributed by atoms with Crippen LogP contribution in [0.5, 0.6) is 0 Å². The van der Waals surface area contributed by atoms with Gasteiger partial charge in [0.2, 0.25) is 5.91 Å². The Balaban J connectivity index is 1.56. The van der Waals surface area contributed by atoms with E-state index in [9.17, 15) is 4.79 Å². The van der Waals surface area contributed by atoms with Crippen LogP contribution < -0.4 is 5.32 Å². The topological polar surface area (TPSA) is 91.7 Å². The zero-order valence-corrected chi connectivity index (χ0v) is 22.1. The van der Waals surface area contributed by atoms with E-state index in [1.54, 1.807) is 10.8 Å². The lowest BCUT2D eigenvalue weighted by atomic mass is 9.98. The van der Waals surface area contributed by atoms with E-state index in [4.69, 9.17) is 4.98 Å². The van der Waals surface area contributed by atoms with Crippen molar-refractivity contribution >= 4 is 22.6 Å². The molecule has 0 bridgehead atoms. The molecule has 1 aromatic carbocycles. The largest absolute Gasteiger partial charge is 0.346 e. The maximum absolute atomic E-state index is 12.6. The number of hydrogen-bond acceptors (Lipinski definition) is 5. The Morgan fingerprint density at radius 1 is 1.03 bits per heavy atom. The molecule has 0 aliphatic heterocycles. The normalized spacial score (nSPS) is 11.6. The number of aromatic amines is 1. The van der Waals surface area contributed by atoms with Crippen LogP contribution in [-0.4, -0.2) is 56.2 Å². The third-order valence-corrected chi connectivity index (χ3v) is 6.33. The molecule has 192 valence electrons. The smallest absolute Gasteiger partial charge is 0.248 e. The predicted molar refractivity (Wildman–Crippen MR) is 153 cm³/mol. The molecule has 0 atom stereocenters. The maximum Gasteiger partial charge on any atom is 0.248 e. The zero-order chi connectivity index (χ0) is 26.6. The van der Waals surface area contributed by atoms with Gasteiger partial charge >= 0.3 is 0 Å². The van der Waals surface area contributed by atoms with E-state index in [1.165, 1.54) is 0 Å². The maximum atomic E-state index is 12.6. The Morgan fingerprint density at radius 3 is 2.58 bits per heavy atom. The highest BCUT2D eigenvalue weighted by Crippen LogP contribution is 2.34. The van der Waals surface area contributed by atoms with Gasteiger partial charge in [0.25, 0.3) is 0 Å². The molecule has 0 radical (unpaired) electrons. The lowest BCUT2D eigenvalue weighted by Gasteiger charge is -2.11. The second-order valence-electron chi connectivity index (χ2n) is 9.57. The molecule has 0 aliphatic carbocycles. The number of fused-ring (bicyclic) bond motifs is 1. The summed E-state index contributed by atoms with van der Waals surface area (Å²) in [6, 6.07) is 12.3. The molecule has 1 amide bonds. The highest BCUT2D eigenvalue weighted by molar-refractivity contribution is 6.01. The van der Waals surface area contributed by atoms with E-state index < -0.39 is 0 Å². The van der Waals surface area contributed by atoms with Crippen LogP contribution in [0.4, 0.5) is 5.69 Å². The van der Waals surface area contributed by atoms with Crippen molar-refractivity contribution in [2.45, 2.75) is 13.3 Å². The predicted octanol–water partition coefficient (Wildman–Crippen LogP) is 5.31. The van der Waals surface area contributed by atoms with E-state index in [2.05, 4.69) is 45.5 Å². The van der Waals surface area contributed by atoms with E-state index in [0.717, 1.165) is 56.5 Å². The van der Waals surface area contributed by atoms with Crippen molar-refractivity contribution in [3.05, 3.63) is 85.2 Å². The van der Waals surface area contributed by atoms with Gasteiger partial charge in [0, 0.05) is 77.9 Å². The first-order chi connectivity index (χ1) is 18.4. The van der Waals surface area contributed by atoms with Gasteiger partial charge < -0.3 is 15.2 Å². The first kappa shape index (κ1) is 25.1. The zero-order valence-electron chi connectivity index (χ0n) is 22.1. The fraction of sp³-hybridized carbons (Fsp3) is 0.200. The Hall–Kier alpha value is -4.56. The van der Waals surface area contributed by atoms with Crippen molar-refractivity contribution in [1.29, 1.82) is 0 Å². The Kier molecular flexibility index (Phi) is 7.15. The van der Waals surface area contributed by atoms with Crippen LogP contribution in [0.15, 0.2) is 79.5 Å². The number of nitrogens with one attached hydrogen (secondary N) is 2. The number of pyridine rings is 2. The van der Waals surface area contributed by atoms with Gasteiger partial charge in [0.15, 0.2) is 0 Å². The summed E-state index contributed by atoms with van der Waals surface area (Å²) in [7, 11) is 5.81. The molecule has 0 aliphatic rings. The highest BCUT2D eigenvalue weighted by Gasteiger charge is 2.13. The Bertz CT molecular complexity index is 1630. The molecule has 4 aromatic heterocycles. The molecule has 5 aromatic rings. The summed E-state index contributed by atoms with van der Waals surface area (Å²) in [5.74, 6) is -0.174. The molecule has 0 fully saturated rings. The number of aromatic nitrogens is 5. The van der Waals surface area contributed by atoms with Crippen LogP contribution in [0, 0.1) is 0 Å². The van der Waals surface area contributed by atoms with Gasteiger partial charge in [0.05, 0.1) is 6.20 Å². The molecular formula is C30H31N7O. The number of hydrogen-bond donors (Lipinski definition) is 2. The molecular weight excluding hydrogens is 474 g/mol. The average Bonchev–Trinajstić information content (AvgIpc) is 3.54. The van der Waals surface area contributed by atoms with Gasteiger partial charge in [-0.05, 0) is 73.6 Å². The summed E-state index contributed by atoms with van der Waals surface area (Å²) in [5.41, 5.74) is 8.58. The summed E-state index contributed by atoms with van der Waals surface area (Å²) < 4.78 is 1.77. The van der Waals surface area contributed by atoms with Crippen LogP contribution in [0.25, 0.3) is 44.4 Å². The van der Waals surface area contributed by atoms with E-state index >= 15 is 0 Å². The summed E-state index contributed by atoms with van der Waals surface area (Å²) >= 11 is 0. The Morgan fingerprint density at radius 2 is 1.84 bits per heavy atom. The van der Waals surface area contributed by atoms with Crippen molar-refractivity contribution in [2.75, 3.05) is 26.0 Å². The first-order valence-electron chi connectivity index (χ1n) is 12.6. The van der Waals surface area contributed by atoms with Crippen molar-refractivity contribution < 1.29 is 4.79 Å². The summed E-state index contributed by atoms with van der Waals surface area (Å²) in [6.45, 7) is 2.79. The molecule has 5 rings (SSSR count). The quantitative estimate of drug-likeness (QED) is 0.279. The lowest BCUT2D eigenvalue weighted by Crippen LogP contribution is -2.13. The average molecular weight is 506 g/mol. The molecule has 4 heterocycles. The molecule has 0 unspecified atom stereocenters. The van der Waals surface area contributed by atoms with Gasteiger partial charge in [-0.2, -0.15) is 5.10 Å². The molecule has 2 N–H and O–H groups in total. The first-order valence-corrected chi connectivity index (χ1v) is 12.6. The highest BCUT2D eigenvalue weighted by atomic mass is 16.1. The number of carbonyl (C=O) groups is 1. The number of nitrogens with zero attached hydrogens (tertiary/aromatic N) is 5. The van der Waals surface area contributed by atoms with Gasteiger partial charge in [-0.25, -0.2) is 4.98 Å². The molecule has 0 spiro atoms. The van der Waals surface area contributed by atoms with Crippen molar-refractivity contribution in [3.63, 3.8) is 0 Å². The Labute approximate surface area is 222 Å². The number of amides is 1. The summed E-state index contributed by atoms with van der Waals surface area (Å²) in [6.07, 6.45) is 13.8. The van der Waals surface area contributed by atoms with Crippen molar-refractivity contribution in [2.24, 2.45) is 7.05 Å². The third kappa shape index (κ3) is 5.55. The van der Waals surface area contributed by atoms with Crippen LogP contribution in [-0.2, 0) is 18.3 Å². The van der Waals surface area contributed by atoms with Crippen LogP contribution in [0.3, 0.4) is 0 Å². The van der Waals surface area contributed by atoms with Crippen molar-refractivity contribution in [1.82, 2.24) is 29.6 Å². The standard InChI is InChI=1S/C30H31N7O/c1-5-25-12-20(8-9-31-25)28-18-33-30-27(28)15-23(16-32-30)21-11-22(24-17-34-37(4)19-24)14-26(13-21)35-29(38)7-6-10-36(2)3/h6-9,11-19H,5,10H2,1-4H3,(H,32,33)(H,35,38)/b7-6+. The minimum Gasteiger partial charge on any atom is -0.346 e. The molecule has 0 saturated carbocycles. The minimum atomic E-state index is -0.174. The molecule has 8 nitrogen and oxygen atoms in total. The van der Waals surface area contributed by atoms with E-state index in [1.807, 2.05) is 81.3 Å². The van der Waals surface area contributed by atoms with Crippen LogP contribution in [0.1, 0.15) is 12.6 Å². The number of likely N-dealkylation sites (N-methyl/N-ethyl adjacent to an activating group) is 1. The van der Waals surface area contributed by atoms with Crippen molar-refractivity contribution in [3.8, 4) is 33.4 Å². The van der Waals surface area contributed by atoms with Crippen LogP contribution >= 0.6 is 0 Å². The number of H-pyrrole nitrogens is 1. The second kappa shape index (κ2) is 10.8. The molecule has 38 heavy (non-hydrogen) atoms. The molecule has 0 saturated heterocycles. The van der Waals surface area contributed by atoms with Gasteiger partial charge in [-0.15, -0.1) is 0 Å². The number of carbonyl (C=O) groups excluding carboxylic acids is 1. The summed E-state index contributed by atoms with van der Waals surface area (Å²) in [5, 5.41) is 8.38. The SMILES string of the molecule is CCc1cc(-c2c[nH]c3ncc(-c4cc(NC(=O)/C=C/CN(C)C)cc(-c5cnn(C)c5)c4)cc23)ccn1. The van der Waals surface area contributed by atoms with Gasteiger partial charge in [0.1, 0.15) is 5.65 Å². The lowest BCUT2D eigenvalue weighted by molar-refractivity contribution is -0.111. The minimum absolute atomic E-state index is 0.174. The monoisotopic (exact) mass is 505 g/mol. The number of anilines is 1. The second-order valence-corrected chi connectivity index (χ2v) is 9.57. The third-order valence-electron chi connectivity index (χ3n) is 6.33. The number of benzene rings is 1. The van der Waals surface area contributed by atoms with Gasteiger partial charge in [-0.3, -0.25) is 14.5 Å². The van der Waals surface area contributed by atoms with E-state index in [-0.39, 0.29) is 5.91 Å². The van der Waals surface area contributed by atoms with Crippen LogP contribution in [0.2, 0.25) is 0 Å². The van der Waals surface area contributed by atoms with E-state index in [0.29, 0.717) is 12.2 Å². The van der Waals surface area contributed by atoms with Gasteiger partial charge in [-0.1, -0.05) is 13.0 Å². The number of rotatable bonds is 8. The number of aryl methyl sites for hydroxylation is 2. The fourth-order valence-electron chi connectivity index (χ4n) is 4.40. The fourth-order valence-corrected chi connectivity index (χ4v) is 4.40. The summed E-state index contributed by atoms with van der Waals surface area (Å²) in [4.78, 5) is 27.1.